The molecule has 0 aromatic rings. The second-order valence-electron chi connectivity index (χ2n) is 3.63. The Morgan fingerprint density at radius 2 is 2.54 bits per heavy atom. The van der Waals surface area contributed by atoms with Gasteiger partial charge in [0.15, 0.2) is 0 Å². The fourth-order valence-electron chi connectivity index (χ4n) is 2.04. The molecule has 0 aromatic carbocycles. The highest BCUT2D eigenvalue weighted by Gasteiger charge is 2.40. The number of carbonyl (C=O) groups excluding carboxylic acids is 1. The van der Waals surface area contributed by atoms with Crippen LogP contribution < -0.4 is 0 Å². The molecule has 2 bridgehead atoms. The Hall–Kier alpha value is -0.220. The van der Waals surface area contributed by atoms with Gasteiger partial charge in [0.25, 0.3) is 0 Å². The van der Waals surface area contributed by atoms with Crippen LogP contribution in [0.1, 0.15) is 12.8 Å². The Morgan fingerprint density at radius 3 is 3.08 bits per heavy atom. The van der Waals surface area contributed by atoms with Gasteiger partial charge in [0.2, 0.25) is 5.91 Å². The van der Waals surface area contributed by atoms with Crippen LogP contribution in [0.4, 0.5) is 0 Å². The van der Waals surface area contributed by atoms with Gasteiger partial charge >= 0.3 is 0 Å². The molecule has 2 saturated heterocycles. The SMILES string of the molecule is COCCC(=O)N1C[C@H]2C[C@H]1CS2. The molecule has 2 atom stereocenters. The van der Waals surface area contributed by atoms with E-state index < -0.39 is 0 Å². The van der Waals surface area contributed by atoms with Crippen molar-refractivity contribution in [1.29, 1.82) is 0 Å². The summed E-state index contributed by atoms with van der Waals surface area (Å²) in [5.41, 5.74) is 0. The molecule has 2 rings (SSSR count). The Kier molecular flexibility index (Phi) is 2.79. The van der Waals surface area contributed by atoms with Gasteiger partial charge in [-0.2, -0.15) is 11.8 Å². The van der Waals surface area contributed by atoms with Crippen molar-refractivity contribution in [1.82, 2.24) is 4.90 Å². The van der Waals surface area contributed by atoms with Crippen LogP contribution in [0.2, 0.25) is 0 Å². The molecule has 2 fully saturated rings. The lowest BCUT2D eigenvalue weighted by Crippen LogP contribution is -2.39. The van der Waals surface area contributed by atoms with E-state index in [4.69, 9.17) is 4.74 Å². The van der Waals surface area contributed by atoms with Crippen molar-refractivity contribution in [3.63, 3.8) is 0 Å². The number of carbonyl (C=O) groups is 1. The summed E-state index contributed by atoms with van der Waals surface area (Å²) in [6, 6.07) is 0.527. The normalized spacial score (nSPS) is 31.3. The van der Waals surface area contributed by atoms with Crippen molar-refractivity contribution in [3.8, 4) is 0 Å². The van der Waals surface area contributed by atoms with Crippen LogP contribution in [0.3, 0.4) is 0 Å². The van der Waals surface area contributed by atoms with Crippen LogP contribution in [0.25, 0.3) is 0 Å². The minimum atomic E-state index is 0.273. The first kappa shape index (κ1) is 9.34. The number of likely N-dealkylation sites (tertiary alicyclic amines) is 1. The van der Waals surface area contributed by atoms with E-state index >= 15 is 0 Å². The molecular weight excluding hydrogens is 186 g/mol. The quantitative estimate of drug-likeness (QED) is 0.674. The average molecular weight is 201 g/mol. The zero-order chi connectivity index (χ0) is 9.26. The molecule has 2 aliphatic rings. The van der Waals surface area contributed by atoms with E-state index in [1.807, 2.05) is 16.7 Å². The van der Waals surface area contributed by atoms with E-state index in [9.17, 15) is 4.79 Å². The van der Waals surface area contributed by atoms with Gasteiger partial charge in [-0.1, -0.05) is 0 Å². The molecular formula is C9H15NO2S. The molecule has 4 heteroatoms. The van der Waals surface area contributed by atoms with Crippen molar-refractivity contribution in [2.24, 2.45) is 0 Å². The van der Waals surface area contributed by atoms with Gasteiger partial charge in [-0.25, -0.2) is 0 Å². The molecule has 74 valence electrons. The number of amides is 1. The van der Waals surface area contributed by atoms with Gasteiger partial charge in [-0.05, 0) is 6.42 Å². The number of hydrogen-bond donors (Lipinski definition) is 0. The minimum Gasteiger partial charge on any atom is -0.384 e. The summed E-state index contributed by atoms with van der Waals surface area (Å²) >= 11 is 2.01. The van der Waals surface area contributed by atoms with Gasteiger partial charge in [0.1, 0.15) is 0 Å². The summed E-state index contributed by atoms with van der Waals surface area (Å²) in [5.74, 6) is 1.42. The largest absolute Gasteiger partial charge is 0.384 e. The number of thioether (sulfide) groups is 1. The van der Waals surface area contributed by atoms with Gasteiger partial charge < -0.3 is 9.64 Å². The zero-order valence-corrected chi connectivity index (χ0v) is 8.68. The van der Waals surface area contributed by atoms with Crippen molar-refractivity contribution in [2.45, 2.75) is 24.1 Å². The number of methoxy groups -OCH3 is 1. The summed E-state index contributed by atoms with van der Waals surface area (Å²) in [4.78, 5) is 13.7. The molecule has 0 aliphatic carbocycles. The molecule has 2 heterocycles. The monoisotopic (exact) mass is 201 g/mol. The first-order valence-corrected chi connectivity index (χ1v) is 5.76. The summed E-state index contributed by atoms with van der Waals surface area (Å²) in [6.07, 6.45) is 1.76. The summed E-state index contributed by atoms with van der Waals surface area (Å²) in [7, 11) is 1.64. The van der Waals surface area contributed by atoms with Gasteiger partial charge in [0, 0.05) is 30.7 Å². The lowest BCUT2D eigenvalue weighted by molar-refractivity contribution is -0.132. The highest BCUT2D eigenvalue weighted by molar-refractivity contribution is 8.00. The van der Waals surface area contributed by atoms with Gasteiger partial charge in [-0.3, -0.25) is 4.79 Å². The predicted molar refractivity (Wildman–Crippen MR) is 52.9 cm³/mol. The van der Waals surface area contributed by atoms with E-state index in [0.29, 0.717) is 19.1 Å². The first-order chi connectivity index (χ1) is 6.31. The molecule has 2 aliphatic heterocycles. The van der Waals surface area contributed by atoms with Crippen LogP contribution in [-0.2, 0) is 9.53 Å². The van der Waals surface area contributed by atoms with E-state index in [2.05, 4.69) is 0 Å². The fraction of sp³-hybridized carbons (Fsp3) is 0.889. The minimum absolute atomic E-state index is 0.273. The molecule has 0 spiro atoms. The van der Waals surface area contributed by atoms with Gasteiger partial charge in [-0.15, -0.1) is 0 Å². The molecule has 0 N–H and O–H groups in total. The number of ether oxygens (including phenoxy) is 1. The smallest absolute Gasteiger partial charge is 0.225 e. The maximum atomic E-state index is 11.6. The third-order valence-corrected chi connectivity index (χ3v) is 4.13. The topological polar surface area (TPSA) is 29.5 Å². The van der Waals surface area contributed by atoms with Crippen molar-refractivity contribution < 1.29 is 9.53 Å². The molecule has 3 nitrogen and oxygen atoms in total. The van der Waals surface area contributed by atoms with Crippen LogP contribution in [-0.4, -0.2) is 48.1 Å². The Labute approximate surface area is 82.8 Å². The highest BCUT2D eigenvalue weighted by atomic mass is 32.2. The molecule has 0 saturated carbocycles. The number of fused-ring (bicyclic) bond motifs is 2. The Balaban J connectivity index is 1.84. The van der Waals surface area contributed by atoms with E-state index in [-0.39, 0.29) is 5.91 Å². The Morgan fingerprint density at radius 1 is 1.69 bits per heavy atom. The highest BCUT2D eigenvalue weighted by Crippen LogP contribution is 2.37. The standard InChI is InChI=1S/C9H15NO2S/c1-12-3-2-9(11)10-5-8-4-7(10)6-13-8/h7-8H,2-6H2,1H3/t7-,8+/m0/s1. The Bertz CT molecular complexity index is 210. The number of rotatable bonds is 3. The van der Waals surface area contributed by atoms with Gasteiger partial charge in [0.05, 0.1) is 13.0 Å². The van der Waals surface area contributed by atoms with Crippen LogP contribution in [0, 0.1) is 0 Å². The van der Waals surface area contributed by atoms with Crippen LogP contribution >= 0.6 is 11.8 Å². The molecule has 13 heavy (non-hydrogen) atoms. The third kappa shape index (κ3) is 1.83. The second-order valence-corrected chi connectivity index (χ2v) is 4.97. The maximum Gasteiger partial charge on any atom is 0.225 e. The maximum absolute atomic E-state index is 11.6. The fourth-order valence-corrected chi connectivity index (χ4v) is 3.47. The molecule has 0 unspecified atom stereocenters. The lowest BCUT2D eigenvalue weighted by atomic mass is 10.2. The van der Waals surface area contributed by atoms with E-state index in [0.717, 1.165) is 17.5 Å². The van der Waals surface area contributed by atoms with E-state index in [1.165, 1.54) is 6.42 Å². The number of nitrogens with zero attached hydrogens (tertiary/aromatic N) is 1. The van der Waals surface area contributed by atoms with Crippen molar-refractivity contribution in [3.05, 3.63) is 0 Å². The summed E-state index contributed by atoms with van der Waals surface area (Å²) in [5, 5.41) is 0.719. The molecule has 0 aromatic heterocycles. The van der Waals surface area contributed by atoms with Crippen LogP contribution in [0.15, 0.2) is 0 Å². The lowest BCUT2D eigenvalue weighted by Gasteiger charge is -2.26. The average Bonchev–Trinajstić information content (AvgIpc) is 2.74. The predicted octanol–water partition coefficient (Wildman–Crippen LogP) is 0.739. The van der Waals surface area contributed by atoms with E-state index in [1.54, 1.807) is 7.11 Å². The zero-order valence-electron chi connectivity index (χ0n) is 7.86. The molecule has 0 radical (unpaired) electrons. The second kappa shape index (κ2) is 3.88. The van der Waals surface area contributed by atoms with Crippen LogP contribution in [0.5, 0.6) is 0 Å². The summed E-state index contributed by atoms with van der Waals surface area (Å²) < 4.78 is 4.90. The first-order valence-electron chi connectivity index (χ1n) is 4.71. The molecule has 1 amide bonds. The third-order valence-electron chi connectivity index (χ3n) is 2.74. The van der Waals surface area contributed by atoms with Crippen molar-refractivity contribution in [2.75, 3.05) is 26.0 Å². The summed E-state index contributed by atoms with van der Waals surface area (Å²) in [6.45, 7) is 1.53. The number of hydrogen-bond acceptors (Lipinski definition) is 3. The van der Waals surface area contributed by atoms with Crippen molar-refractivity contribution >= 4 is 17.7 Å².